The van der Waals surface area contributed by atoms with Crippen LogP contribution in [-0.4, -0.2) is 38.2 Å². The zero-order valence-electron chi connectivity index (χ0n) is 13.1. The predicted octanol–water partition coefficient (Wildman–Crippen LogP) is 3.62. The van der Waals surface area contributed by atoms with Crippen LogP contribution in [0.4, 0.5) is 5.69 Å². The van der Waals surface area contributed by atoms with E-state index in [-0.39, 0.29) is 0 Å². The van der Waals surface area contributed by atoms with Crippen molar-refractivity contribution < 1.29 is 4.74 Å². The minimum atomic E-state index is 0.653. The fourth-order valence-corrected chi connectivity index (χ4v) is 2.92. The monoisotopic (exact) mass is 276 g/mol. The van der Waals surface area contributed by atoms with Crippen LogP contribution in [0, 0.1) is 5.92 Å². The Morgan fingerprint density at radius 2 is 1.95 bits per heavy atom. The molecule has 1 aromatic rings. The minimum absolute atomic E-state index is 0.653. The summed E-state index contributed by atoms with van der Waals surface area (Å²) < 4.78 is 5.71. The van der Waals surface area contributed by atoms with Crippen LogP contribution < -0.4 is 10.1 Å². The van der Waals surface area contributed by atoms with E-state index in [1.165, 1.54) is 31.4 Å². The molecule has 1 aliphatic rings. The minimum Gasteiger partial charge on any atom is -0.492 e. The van der Waals surface area contributed by atoms with Crippen molar-refractivity contribution in [2.45, 2.75) is 38.6 Å². The lowest BCUT2D eigenvalue weighted by Gasteiger charge is -2.21. The van der Waals surface area contributed by atoms with Crippen LogP contribution in [0.5, 0.6) is 5.75 Å². The highest BCUT2D eigenvalue weighted by atomic mass is 16.5. The molecule has 0 heterocycles. The zero-order chi connectivity index (χ0) is 14.4. The Bertz CT molecular complexity index is 388. The molecule has 0 aliphatic heterocycles. The Labute approximate surface area is 123 Å². The molecule has 0 amide bonds. The third-order valence-corrected chi connectivity index (χ3v) is 4.20. The van der Waals surface area contributed by atoms with Gasteiger partial charge in [0.05, 0.1) is 0 Å². The van der Waals surface area contributed by atoms with E-state index in [0.29, 0.717) is 6.04 Å². The summed E-state index contributed by atoms with van der Waals surface area (Å²) in [6, 6.07) is 9.05. The summed E-state index contributed by atoms with van der Waals surface area (Å²) in [5.74, 6) is 1.79. The van der Waals surface area contributed by atoms with Gasteiger partial charge in [-0.15, -0.1) is 0 Å². The van der Waals surface area contributed by atoms with Gasteiger partial charge in [-0.2, -0.15) is 0 Å². The first-order chi connectivity index (χ1) is 9.69. The number of hydrogen-bond donors (Lipinski definition) is 1. The highest BCUT2D eigenvalue weighted by Crippen LogP contribution is 2.31. The van der Waals surface area contributed by atoms with E-state index in [4.69, 9.17) is 4.74 Å². The van der Waals surface area contributed by atoms with Crippen LogP contribution in [0.3, 0.4) is 0 Å². The molecule has 1 aliphatic carbocycles. The summed E-state index contributed by atoms with van der Waals surface area (Å²) in [5, 5.41) is 3.68. The summed E-state index contributed by atoms with van der Waals surface area (Å²) in [6.07, 6.45) is 5.32. The van der Waals surface area contributed by atoms with E-state index < -0.39 is 0 Å². The molecular formula is C17H28N2O. The van der Waals surface area contributed by atoms with Crippen LogP contribution in [0.15, 0.2) is 24.3 Å². The van der Waals surface area contributed by atoms with Gasteiger partial charge in [-0.25, -0.2) is 0 Å². The third-order valence-electron chi connectivity index (χ3n) is 4.20. The van der Waals surface area contributed by atoms with Crippen molar-refractivity contribution in [3.05, 3.63) is 24.3 Å². The summed E-state index contributed by atoms with van der Waals surface area (Å²) in [4.78, 5) is 2.13. The number of ether oxygens (including phenoxy) is 1. The van der Waals surface area contributed by atoms with Crippen molar-refractivity contribution in [2.24, 2.45) is 5.92 Å². The van der Waals surface area contributed by atoms with E-state index in [0.717, 1.165) is 24.8 Å². The molecule has 2 unspecified atom stereocenters. The molecule has 112 valence electrons. The number of nitrogens with zero attached hydrogens (tertiary/aromatic N) is 1. The summed E-state index contributed by atoms with van der Waals surface area (Å²) in [7, 11) is 4.12. The van der Waals surface area contributed by atoms with Gasteiger partial charge < -0.3 is 15.0 Å². The van der Waals surface area contributed by atoms with E-state index in [1.54, 1.807) is 0 Å². The average Bonchev–Trinajstić information content (AvgIpc) is 2.87. The molecule has 0 saturated heterocycles. The van der Waals surface area contributed by atoms with E-state index in [9.17, 15) is 0 Å². The van der Waals surface area contributed by atoms with Crippen molar-refractivity contribution >= 4 is 5.69 Å². The molecule has 3 heteroatoms. The quantitative estimate of drug-likeness (QED) is 0.823. The summed E-state index contributed by atoms with van der Waals surface area (Å²) >= 11 is 0. The van der Waals surface area contributed by atoms with E-state index >= 15 is 0 Å². The molecular weight excluding hydrogens is 248 g/mol. The lowest BCUT2D eigenvalue weighted by molar-refractivity contribution is 0.261. The Morgan fingerprint density at radius 1 is 1.20 bits per heavy atom. The topological polar surface area (TPSA) is 24.5 Å². The molecule has 1 N–H and O–H groups in total. The van der Waals surface area contributed by atoms with Crippen LogP contribution >= 0.6 is 0 Å². The molecule has 0 bridgehead atoms. The van der Waals surface area contributed by atoms with Gasteiger partial charge in [-0.1, -0.05) is 19.8 Å². The van der Waals surface area contributed by atoms with Crippen molar-refractivity contribution in [3.63, 3.8) is 0 Å². The average molecular weight is 276 g/mol. The molecule has 1 aromatic carbocycles. The molecule has 20 heavy (non-hydrogen) atoms. The highest BCUT2D eigenvalue weighted by Gasteiger charge is 2.25. The van der Waals surface area contributed by atoms with Gasteiger partial charge in [0.25, 0.3) is 0 Å². The molecule has 3 nitrogen and oxygen atoms in total. The van der Waals surface area contributed by atoms with Crippen molar-refractivity contribution in [1.29, 1.82) is 0 Å². The van der Waals surface area contributed by atoms with E-state index in [2.05, 4.69) is 55.5 Å². The van der Waals surface area contributed by atoms with Crippen LogP contribution in [-0.2, 0) is 0 Å². The maximum Gasteiger partial charge on any atom is 0.119 e. The molecule has 2 rings (SSSR count). The summed E-state index contributed by atoms with van der Waals surface area (Å²) in [5.41, 5.74) is 1.22. The third kappa shape index (κ3) is 4.41. The standard InChI is InChI=1S/C17H28N2O/c1-4-14-6-5-7-17(14)18-15-8-10-16(11-9-15)20-13-12-19(2)3/h8-11,14,17-18H,4-7,12-13H2,1-3H3. The van der Waals surface area contributed by atoms with E-state index in [1.807, 2.05) is 0 Å². The molecule has 0 radical (unpaired) electrons. The Morgan fingerprint density at radius 3 is 2.60 bits per heavy atom. The van der Waals surface area contributed by atoms with Gasteiger partial charge in [-0.05, 0) is 57.1 Å². The van der Waals surface area contributed by atoms with Crippen molar-refractivity contribution in [3.8, 4) is 5.75 Å². The maximum atomic E-state index is 5.71. The molecule has 2 atom stereocenters. The van der Waals surface area contributed by atoms with Crippen molar-refractivity contribution in [1.82, 2.24) is 4.90 Å². The molecule has 0 spiro atoms. The largest absolute Gasteiger partial charge is 0.492 e. The zero-order valence-corrected chi connectivity index (χ0v) is 13.1. The maximum absolute atomic E-state index is 5.71. The fraction of sp³-hybridized carbons (Fsp3) is 0.647. The second-order valence-corrected chi connectivity index (χ2v) is 6.03. The number of rotatable bonds is 7. The summed E-state index contributed by atoms with van der Waals surface area (Å²) in [6.45, 7) is 3.98. The Kier molecular flexibility index (Phi) is 5.72. The van der Waals surface area contributed by atoms with Gasteiger partial charge in [0.2, 0.25) is 0 Å². The van der Waals surface area contributed by atoms with Crippen LogP contribution in [0.25, 0.3) is 0 Å². The predicted molar refractivity (Wildman–Crippen MR) is 85.5 cm³/mol. The Hall–Kier alpha value is -1.22. The number of hydrogen-bond acceptors (Lipinski definition) is 3. The van der Waals surface area contributed by atoms with Crippen molar-refractivity contribution in [2.75, 3.05) is 32.6 Å². The van der Waals surface area contributed by atoms with Crippen LogP contribution in [0.1, 0.15) is 32.6 Å². The smallest absolute Gasteiger partial charge is 0.119 e. The highest BCUT2D eigenvalue weighted by molar-refractivity contribution is 5.47. The number of nitrogens with one attached hydrogen (secondary N) is 1. The van der Waals surface area contributed by atoms with Gasteiger partial charge in [0, 0.05) is 18.3 Å². The second kappa shape index (κ2) is 7.53. The van der Waals surface area contributed by atoms with Gasteiger partial charge in [-0.3, -0.25) is 0 Å². The molecule has 1 fully saturated rings. The van der Waals surface area contributed by atoms with Gasteiger partial charge in [0.15, 0.2) is 0 Å². The first-order valence-corrected chi connectivity index (χ1v) is 7.83. The van der Waals surface area contributed by atoms with Gasteiger partial charge in [0.1, 0.15) is 12.4 Å². The Balaban J connectivity index is 1.82. The fourth-order valence-electron chi connectivity index (χ4n) is 2.92. The van der Waals surface area contributed by atoms with Crippen LogP contribution in [0.2, 0.25) is 0 Å². The number of anilines is 1. The number of benzene rings is 1. The molecule has 0 aromatic heterocycles. The first-order valence-electron chi connectivity index (χ1n) is 7.83. The lowest BCUT2D eigenvalue weighted by atomic mass is 10.0. The first kappa shape index (κ1) is 15.2. The normalized spacial score (nSPS) is 22.2. The second-order valence-electron chi connectivity index (χ2n) is 6.03. The molecule has 1 saturated carbocycles. The SMILES string of the molecule is CCC1CCCC1Nc1ccc(OCCN(C)C)cc1. The lowest BCUT2D eigenvalue weighted by Crippen LogP contribution is -2.23. The number of likely N-dealkylation sites (N-methyl/N-ethyl adjacent to an activating group) is 1. The van der Waals surface area contributed by atoms with Gasteiger partial charge >= 0.3 is 0 Å².